The largest absolute Gasteiger partial charge is 0.491 e. The van der Waals surface area contributed by atoms with Gasteiger partial charge in [0.25, 0.3) is 0 Å². The average molecular weight is 324 g/mol. The molecule has 0 radical (unpaired) electrons. The average Bonchev–Trinajstić information content (AvgIpc) is 2.42. The van der Waals surface area contributed by atoms with Crippen LogP contribution in [0.4, 0.5) is 0 Å². The molecule has 0 amide bonds. The smallest absolute Gasteiger partial charge is 0.309 e. The van der Waals surface area contributed by atoms with Crippen molar-refractivity contribution in [2.24, 2.45) is 0 Å². The molecule has 5 heteroatoms. The first kappa shape index (κ1) is 18.7. The van der Waals surface area contributed by atoms with Crippen molar-refractivity contribution in [1.29, 1.82) is 0 Å². The lowest BCUT2D eigenvalue weighted by atomic mass is 10.1. The quantitative estimate of drug-likeness (QED) is 0.435. The zero-order valence-electron chi connectivity index (χ0n) is 14.6. The van der Waals surface area contributed by atoms with Gasteiger partial charge in [0.2, 0.25) is 0 Å². The van der Waals surface area contributed by atoms with Crippen LogP contribution in [-0.2, 0) is 20.4 Å². The van der Waals surface area contributed by atoms with E-state index in [1.54, 1.807) is 0 Å². The van der Waals surface area contributed by atoms with Gasteiger partial charge in [-0.3, -0.25) is 4.79 Å². The SMILES string of the molecule is COC(=O)Cc1cccc(OCCO[Si](C)(C)C(C)(C)C)c1. The number of carbonyl (C=O) groups is 1. The highest BCUT2D eigenvalue weighted by Crippen LogP contribution is 2.36. The van der Waals surface area contributed by atoms with Gasteiger partial charge in [0.05, 0.1) is 20.1 Å². The van der Waals surface area contributed by atoms with Gasteiger partial charge in [-0.25, -0.2) is 0 Å². The molecule has 0 spiro atoms. The van der Waals surface area contributed by atoms with Gasteiger partial charge in [-0.1, -0.05) is 32.9 Å². The molecule has 22 heavy (non-hydrogen) atoms. The maximum Gasteiger partial charge on any atom is 0.309 e. The van der Waals surface area contributed by atoms with Gasteiger partial charge in [-0.15, -0.1) is 0 Å². The zero-order valence-corrected chi connectivity index (χ0v) is 15.6. The predicted octanol–water partition coefficient (Wildman–Crippen LogP) is 3.80. The molecule has 0 saturated heterocycles. The topological polar surface area (TPSA) is 44.8 Å². The molecule has 0 heterocycles. The molecular weight excluding hydrogens is 296 g/mol. The monoisotopic (exact) mass is 324 g/mol. The Balaban J connectivity index is 2.46. The number of esters is 1. The molecule has 0 aliphatic heterocycles. The first-order valence-electron chi connectivity index (χ1n) is 7.58. The van der Waals surface area contributed by atoms with E-state index in [9.17, 15) is 4.79 Å². The van der Waals surface area contributed by atoms with Crippen molar-refractivity contribution in [3.8, 4) is 5.75 Å². The van der Waals surface area contributed by atoms with Gasteiger partial charge in [0.15, 0.2) is 8.32 Å². The van der Waals surface area contributed by atoms with E-state index in [0.29, 0.717) is 13.2 Å². The van der Waals surface area contributed by atoms with Crippen LogP contribution in [0, 0.1) is 0 Å². The molecule has 0 aromatic heterocycles. The van der Waals surface area contributed by atoms with E-state index < -0.39 is 8.32 Å². The molecule has 0 aliphatic carbocycles. The van der Waals surface area contributed by atoms with Crippen LogP contribution in [-0.4, -0.2) is 34.6 Å². The second-order valence-electron chi connectivity index (χ2n) is 6.86. The van der Waals surface area contributed by atoms with Crippen LogP contribution in [0.5, 0.6) is 5.75 Å². The fraction of sp³-hybridized carbons (Fsp3) is 0.588. The van der Waals surface area contributed by atoms with Crippen molar-refractivity contribution in [1.82, 2.24) is 0 Å². The summed E-state index contributed by atoms with van der Waals surface area (Å²) in [6, 6.07) is 7.51. The van der Waals surface area contributed by atoms with Crippen LogP contribution >= 0.6 is 0 Å². The molecule has 0 N–H and O–H groups in total. The Morgan fingerprint density at radius 1 is 1.18 bits per heavy atom. The first-order valence-corrected chi connectivity index (χ1v) is 10.5. The molecule has 1 aromatic carbocycles. The van der Waals surface area contributed by atoms with Crippen molar-refractivity contribution in [3.05, 3.63) is 29.8 Å². The lowest BCUT2D eigenvalue weighted by molar-refractivity contribution is -0.139. The van der Waals surface area contributed by atoms with Crippen LogP contribution < -0.4 is 4.74 Å². The number of hydrogen-bond donors (Lipinski definition) is 0. The Morgan fingerprint density at radius 2 is 1.86 bits per heavy atom. The van der Waals surface area contributed by atoms with E-state index in [0.717, 1.165) is 11.3 Å². The van der Waals surface area contributed by atoms with Gasteiger partial charge in [0, 0.05) is 0 Å². The minimum absolute atomic E-state index is 0.202. The van der Waals surface area contributed by atoms with Crippen LogP contribution in [0.15, 0.2) is 24.3 Å². The third-order valence-electron chi connectivity index (χ3n) is 4.10. The van der Waals surface area contributed by atoms with Crippen molar-refractivity contribution in [2.75, 3.05) is 20.3 Å². The molecule has 4 nitrogen and oxygen atoms in total. The Hall–Kier alpha value is -1.33. The number of benzene rings is 1. The second kappa shape index (κ2) is 7.79. The zero-order chi connectivity index (χ0) is 16.8. The second-order valence-corrected chi connectivity index (χ2v) is 11.7. The van der Waals surface area contributed by atoms with Crippen LogP contribution in [0.2, 0.25) is 18.1 Å². The third-order valence-corrected chi connectivity index (χ3v) is 8.63. The molecule has 1 rings (SSSR count). The van der Waals surface area contributed by atoms with Crippen LogP contribution in [0.25, 0.3) is 0 Å². The van der Waals surface area contributed by atoms with Crippen molar-refractivity contribution in [2.45, 2.75) is 45.3 Å². The number of hydrogen-bond acceptors (Lipinski definition) is 4. The molecule has 0 saturated carbocycles. The molecule has 124 valence electrons. The number of methoxy groups -OCH3 is 1. The Labute approximate surface area is 134 Å². The van der Waals surface area contributed by atoms with Crippen LogP contribution in [0.3, 0.4) is 0 Å². The number of ether oxygens (including phenoxy) is 2. The molecule has 0 unspecified atom stereocenters. The Bertz CT molecular complexity index is 492. The van der Waals surface area contributed by atoms with E-state index in [2.05, 4.69) is 38.6 Å². The van der Waals surface area contributed by atoms with Crippen LogP contribution in [0.1, 0.15) is 26.3 Å². The predicted molar refractivity (Wildman–Crippen MR) is 90.8 cm³/mol. The highest BCUT2D eigenvalue weighted by Gasteiger charge is 2.36. The van der Waals surface area contributed by atoms with Gasteiger partial charge in [0.1, 0.15) is 12.4 Å². The fourth-order valence-corrected chi connectivity index (χ4v) is 2.68. The third kappa shape index (κ3) is 5.81. The summed E-state index contributed by atoms with van der Waals surface area (Å²) < 4.78 is 16.4. The number of carbonyl (C=O) groups excluding carboxylic acids is 1. The van der Waals surface area contributed by atoms with Gasteiger partial charge in [-0.2, -0.15) is 0 Å². The summed E-state index contributed by atoms with van der Waals surface area (Å²) in [5.74, 6) is 0.499. The maximum absolute atomic E-state index is 11.3. The summed E-state index contributed by atoms with van der Waals surface area (Å²) in [7, 11) is -0.332. The lowest BCUT2D eigenvalue weighted by Gasteiger charge is -2.36. The summed E-state index contributed by atoms with van der Waals surface area (Å²) in [5.41, 5.74) is 0.884. The van der Waals surface area contributed by atoms with E-state index in [-0.39, 0.29) is 17.4 Å². The first-order chi connectivity index (χ1) is 10.2. The normalized spacial score (nSPS) is 12.1. The van der Waals surface area contributed by atoms with Gasteiger partial charge < -0.3 is 13.9 Å². The summed E-state index contributed by atoms with van der Waals surface area (Å²) in [5, 5.41) is 0.202. The molecule has 0 atom stereocenters. The molecular formula is C17H28O4Si. The summed E-state index contributed by atoms with van der Waals surface area (Å²) in [6.07, 6.45) is 0.258. The minimum Gasteiger partial charge on any atom is -0.491 e. The van der Waals surface area contributed by atoms with E-state index >= 15 is 0 Å². The van der Waals surface area contributed by atoms with Gasteiger partial charge in [-0.05, 0) is 35.8 Å². The fourth-order valence-electron chi connectivity index (χ4n) is 1.66. The molecule has 0 bridgehead atoms. The molecule has 0 aliphatic rings. The summed E-state index contributed by atoms with van der Waals surface area (Å²) in [6.45, 7) is 12.2. The van der Waals surface area contributed by atoms with Crippen molar-refractivity contribution in [3.63, 3.8) is 0 Å². The highest BCUT2D eigenvalue weighted by atomic mass is 28.4. The lowest BCUT2D eigenvalue weighted by Crippen LogP contribution is -2.41. The van der Waals surface area contributed by atoms with Gasteiger partial charge >= 0.3 is 5.97 Å². The highest BCUT2D eigenvalue weighted by molar-refractivity contribution is 6.74. The van der Waals surface area contributed by atoms with Crippen molar-refractivity contribution >= 4 is 14.3 Å². The maximum atomic E-state index is 11.3. The summed E-state index contributed by atoms with van der Waals surface area (Å²) >= 11 is 0. The van der Waals surface area contributed by atoms with E-state index in [4.69, 9.17) is 9.16 Å². The molecule has 0 fully saturated rings. The standard InChI is InChI=1S/C17H28O4Si/c1-17(2,3)22(5,6)21-11-10-20-15-9-7-8-14(12-15)13-16(18)19-4/h7-9,12H,10-11,13H2,1-6H3. The Kier molecular flexibility index (Phi) is 6.62. The number of rotatable bonds is 7. The molecule has 1 aromatic rings. The minimum atomic E-state index is -1.72. The van der Waals surface area contributed by atoms with E-state index in [1.807, 2.05) is 24.3 Å². The van der Waals surface area contributed by atoms with Crippen molar-refractivity contribution < 1.29 is 18.7 Å². The Morgan fingerprint density at radius 3 is 2.45 bits per heavy atom. The van der Waals surface area contributed by atoms with E-state index in [1.165, 1.54) is 7.11 Å². The summed E-state index contributed by atoms with van der Waals surface area (Å²) in [4.78, 5) is 11.3.